The molecule has 0 amide bonds. The lowest BCUT2D eigenvalue weighted by molar-refractivity contribution is 0.0698. The van der Waals surface area contributed by atoms with Crippen molar-refractivity contribution in [2.24, 2.45) is 0 Å². The topological polar surface area (TPSA) is 88.2 Å². The van der Waals surface area contributed by atoms with Crippen LogP contribution in [0.2, 0.25) is 5.02 Å². The highest BCUT2D eigenvalue weighted by Crippen LogP contribution is 2.28. The van der Waals surface area contributed by atoms with Gasteiger partial charge in [0.2, 0.25) is 0 Å². The van der Waals surface area contributed by atoms with Gasteiger partial charge in [0, 0.05) is 6.20 Å². The summed E-state index contributed by atoms with van der Waals surface area (Å²) in [5, 5.41) is 12.4. The average molecular weight is 264 g/mol. The van der Waals surface area contributed by atoms with E-state index in [0.717, 1.165) is 0 Å². The van der Waals surface area contributed by atoms with Gasteiger partial charge < -0.3 is 16.2 Å². The SMILES string of the molecule is Nc1c(C(=O)O)ccnc1Nc1ccccc1Cl. The molecule has 0 aliphatic carbocycles. The molecule has 0 saturated heterocycles. The Labute approximate surface area is 108 Å². The van der Waals surface area contributed by atoms with Gasteiger partial charge >= 0.3 is 5.97 Å². The van der Waals surface area contributed by atoms with Crippen LogP contribution in [-0.4, -0.2) is 16.1 Å². The Balaban J connectivity index is 2.39. The summed E-state index contributed by atoms with van der Waals surface area (Å²) < 4.78 is 0. The van der Waals surface area contributed by atoms with Crippen molar-refractivity contribution in [1.82, 2.24) is 4.98 Å². The summed E-state index contributed by atoms with van der Waals surface area (Å²) in [5.41, 5.74) is 6.42. The Bertz CT molecular complexity index is 602. The van der Waals surface area contributed by atoms with Gasteiger partial charge in [-0.1, -0.05) is 23.7 Å². The number of benzene rings is 1. The van der Waals surface area contributed by atoms with Crippen molar-refractivity contribution in [2.45, 2.75) is 0 Å². The maximum absolute atomic E-state index is 10.9. The Morgan fingerprint density at radius 3 is 2.72 bits per heavy atom. The van der Waals surface area contributed by atoms with Gasteiger partial charge in [0.05, 0.1) is 22.0 Å². The number of aromatic carboxylic acids is 1. The molecule has 2 rings (SSSR count). The Morgan fingerprint density at radius 2 is 2.06 bits per heavy atom. The highest BCUT2D eigenvalue weighted by molar-refractivity contribution is 6.33. The molecule has 1 aromatic carbocycles. The number of nitrogens with two attached hydrogens (primary N) is 1. The van der Waals surface area contributed by atoms with Crippen molar-refractivity contribution in [3.8, 4) is 0 Å². The molecule has 2 aromatic rings. The molecule has 5 nitrogen and oxygen atoms in total. The molecular weight excluding hydrogens is 254 g/mol. The summed E-state index contributed by atoms with van der Waals surface area (Å²) in [4.78, 5) is 14.9. The Morgan fingerprint density at radius 1 is 1.33 bits per heavy atom. The van der Waals surface area contributed by atoms with Gasteiger partial charge in [-0.2, -0.15) is 0 Å². The summed E-state index contributed by atoms with van der Waals surface area (Å²) in [5.74, 6) is -0.833. The van der Waals surface area contributed by atoms with Gasteiger partial charge in [-0.15, -0.1) is 0 Å². The van der Waals surface area contributed by atoms with Crippen LogP contribution < -0.4 is 11.1 Å². The fourth-order valence-electron chi connectivity index (χ4n) is 1.45. The van der Waals surface area contributed by atoms with E-state index in [-0.39, 0.29) is 17.1 Å². The number of aromatic nitrogens is 1. The number of hydrogen-bond acceptors (Lipinski definition) is 4. The minimum absolute atomic E-state index is 0.000413. The molecule has 92 valence electrons. The third kappa shape index (κ3) is 2.36. The highest BCUT2D eigenvalue weighted by Gasteiger charge is 2.12. The van der Waals surface area contributed by atoms with E-state index in [4.69, 9.17) is 22.4 Å². The maximum Gasteiger partial charge on any atom is 0.337 e. The summed E-state index contributed by atoms with van der Waals surface area (Å²) in [6.07, 6.45) is 1.37. The molecule has 1 heterocycles. The molecule has 1 aromatic heterocycles. The van der Waals surface area contributed by atoms with E-state index >= 15 is 0 Å². The van der Waals surface area contributed by atoms with Crippen LogP contribution in [-0.2, 0) is 0 Å². The lowest BCUT2D eigenvalue weighted by Gasteiger charge is -2.10. The number of carboxylic acids is 1. The number of anilines is 3. The molecule has 0 fully saturated rings. The zero-order valence-corrected chi connectivity index (χ0v) is 9.98. The first-order chi connectivity index (χ1) is 8.59. The second-order valence-electron chi connectivity index (χ2n) is 3.53. The standard InChI is InChI=1S/C12H10ClN3O2/c13-8-3-1-2-4-9(8)16-11-10(14)7(12(17)18)5-6-15-11/h1-6H,14H2,(H,15,16)(H,17,18). The van der Waals surface area contributed by atoms with E-state index in [1.165, 1.54) is 12.3 Å². The first-order valence-electron chi connectivity index (χ1n) is 5.09. The lowest BCUT2D eigenvalue weighted by Crippen LogP contribution is -2.07. The number of para-hydroxylation sites is 1. The number of nitrogen functional groups attached to an aromatic ring is 1. The summed E-state index contributed by atoms with van der Waals surface area (Å²) in [6.45, 7) is 0. The zero-order chi connectivity index (χ0) is 13.1. The molecule has 18 heavy (non-hydrogen) atoms. The first kappa shape index (κ1) is 12.2. The normalized spacial score (nSPS) is 10.1. The molecule has 0 bridgehead atoms. The summed E-state index contributed by atoms with van der Waals surface area (Å²) in [6, 6.07) is 8.39. The molecular formula is C12H10ClN3O2. The molecule has 0 saturated carbocycles. The first-order valence-corrected chi connectivity index (χ1v) is 5.46. The number of nitrogens with zero attached hydrogens (tertiary/aromatic N) is 1. The lowest BCUT2D eigenvalue weighted by atomic mass is 10.2. The van der Waals surface area contributed by atoms with E-state index in [0.29, 0.717) is 10.7 Å². The van der Waals surface area contributed by atoms with Crippen LogP contribution in [0.4, 0.5) is 17.2 Å². The molecule has 0 aliphatic heterocycles. The van der Waals surface area contributed by atoms with E-state index in [1.807, 2.05) is 0 Å². The van der Waals surface area contributed by atoms with Crippen LogP contribution in [0.25, 0.3) is 0 Å². The van der Waals surface area contributed by atoms with Gasteiger partial charge in [0.1, 0.15) is 0 Å². The smallest absolute Gasteiger partial charge is 0.337 e. The second-order valence-corrected chi connectivity index (χ2v) is 3.94. The van der Waals surface area contributed by atoms with Gasteiger partial charge in [0.15, 0.2) is 5.82 Å². The van der Waals surface area contributed by atoms with Gasteiger partial charge in [-0.3, -0.25) is 0 Å². The van der Waals surface area contributed by atoms with E-state index in [9.17, 15) is 4.79 Å². The Hall–Kier alpha value is -2.27. The highest BCUT2D eigenvalue weighted by atomic mass is 35.5. The zero-order valence-electron chi connectivity index (χ0n) is 9.22. The van der Waals surface area contributed by atoms with Crippen LogP contribution in [0.15, 0.2) is 36.5 Å². The monoisotopic (exact) mass is 263 g/mol. The predicted molar refractivity (Wildman–Crippen MR) is 70.3 cm³/mol. The van der Waals surface area contributed by atoms with Crippen molar-refractivity contribution >= 4 is 34.8 Å². The van der Waals surface area contributed by atoms with Gasteiger partial charge in [-0.25, -0.2) is 9.78 Å². The van der Waals surface area contributed by atoms with Crippen molar-refractivity contribution in [2.75, 3.05) is 11.1 Å². The quantitative estimate of drug-likeness (QED) is 0.792. The Kier molecular flexibility index (Phi) is 3.34. The maximum atomic E-state index is 10.9. The van der Waals surface area contributed by atoms with Gasteiger partial charge in [-0.05, 0) is 18.2 Å². The van der Waals surface area contributed by atoms with Crippen molar-refractivity contribution in [3.63, 3.8) is 0 Å². The fourth-order valence-corrected chi connectivity index (χ4v) is 1.63. The number of pyridine rings is 1. The number of nitrogens with one attached hydrogen (secondary N) is 1. The number of halogens is 1. The van der Waals surface area contributed by atoms with Crippen LogP contribution in [0.3, 0.4) is 0 Å². The largest absolute Gasteiger partial charge is 0.478 e. The fraction of sp³-hybridized carbons (Fsp3) is 0. The molecule has 0 unspecified atom stereocenters. The van der Waals surface area contributed by atoms with Crippen LogP contribution in [0.1, 0.15) is 10.4 Å². The van der Waals surface area contributed by atoms with Crippen LogP contribution in [0, 0.1) is 0 Å². The third-order valence-electron chi connectivity index (χ3n) is 2.35. The van der Waals surface area contributed by atoms with Crippen LogP contribution >= 0.6 is 11.6 Å². The minimum atomic E-state index is -1.10. The molecule has 0 spiro atoms. The number of carbonyl (C=O) groups is 1. The van der Waals surface area contributed by atoms with Crippen molar-refractivity contribution < 1.29 is 9.90 Å². The van der Waals surface area contributed by atoms with E-state index < -0.39 is 5.97 Å². The third-order valence-corrected chi connectivity index (χ3v) is 2.68. The number of rotatable bonds is 3. The van der Waals surface area contributed by atoms with E-state index in [2.05, 4.69) is 10.3 Å². The predicted octanol–water partition coefficient (Wildman–Crippen LogP) is 2.76. The molecule has 0 atom stereocenters. The molecule has 0 radical (unpaired) electrons. The van der Waals surface area contributed by atoms with Crippen LogP contribution in [0.5, 0.6) is 0 Å². The molecule has 4 N–H and O–H groups in total. The van der Waals surface area contributed by atoms with Crippen molar-refractivity contribution in [1.29, 1.82) is 0 Å². The second kappa shape index (κ2) is 4.93. The molecule has 6 heteroatoms. The number of carboxylic acid groups (broad SMARTS) is 1. The number of hydrogen-bond donors (Lipinski definition) is 3. The van der Waals surface area contributed by atoms with Gasteiger partial charge in [0.25, 0.3) is 0 Å². The summed E-state index contributed by atoms with van der Waals surface area (Å²) >= 11 is 5.98. The minimum Gasteiger partial charge on any atom is -0.478 e. The van der Waals surface area contributed by atoms with E-state index in [1.54, 1.807) is 24.3 Å². The summed E-state index contributed by atoms with van der Waals surface area (Å²) in [7, 11) is 0. The average Bonchev–Trinajstić information content (AvgIpc) is 2.34. The molecule has 0 aliphatic rings. The van der Waals surface area contributed by atoms with Crippen molar-refractivity contribution in [3.05, 3.63) is 47.1 Å².